The lowest BCUT2D eigenvalue weighted by Gasteiger charge is -2.07. The van der Waals surface area contributed by atoms with Gasteiger partial charge in [-0.2, -0.15) is 16.7 Å². The Morgan fingerprint density at radius 3 is 2.89 bits per heavy atom. The molecule has 136 valence electrons. The van der Waals surface area contributed by atoms with Crippen molar-refractivity contribution < 1.29 is 4.79 Å². The number of aryl methyl sites for hydroxylation is 1. The Bertz CT molecular complexity index is 1100. The van der Waals surface area contributed by atoms with Crippen LogP contribution in [0, 0.1) is 6.92 Å². The molecule has 0 unspecified atom stereocenters. The highest BCUT2D eigenvalue weighted by Gasteiger charge is 2.13. The van der Waals surface area contributed by atoms with E-state index in [1.54, 1.807) is 22.5 Å². The Morgan fingerprint density at radius 1 is 1.15 bits per heavy atom. The maximum atomic E-state index is 12.2. The lowest BCUT2D eigenvalue weighted by Crippen LogP contribution is -2.26. The second-order valence-corrected chi connectivity index (χ2v) is 7.29. The number of rotatable bonds is 6. The Labute approximate surface area is 161 Å². The minimum absolute atomic E-state index is 0.149. The highest BCUT2D eigenvalue weighted by atomic mass is 32.2. The highest BCUT2D eigenvalue weighted by molar-refractivity contribution is 7.98. The van der Waals surface area contributed by atoms with E-state index in [0.717, 1.165) is 17.2 Å². The molecule has 1 amide bonds. The predicted molar refractivity (Wildman–Crippen MR) is 108 cm³/mol. The van der Waals surface area contributed by atoms with Gasteiger partial charge in [0.2, 0.25) is 5.82 Å². The van der Waals surface area contributed by atoms with Crippen LogP contribution in [-0.4, -0.2) is 37.8 Å². The summed E-state index contributed by atoms with van der Waals surface area (Å²) in [6, 6.07) is 16.6. The molecule has 0 aliphatic carbocycles. The second kappa shape index (κ2) is 7.75. The van der Waals surface area contributed by atoms with Crippen molar-refractivity contribution in [3.05, 3.63) is 71.8 Å². The maximum absolute atomic E-state index is 12.2. The van der Waals surface area contributed by atoms with E-state index in [2.05, 4.69) is 62.8 Å². The van der Waals surface area contributed by atoms with Gasteiger partial charge in [-0.15, -0.1) is 5.10 Å². The lowest BCUT2D eigenvalue weighted by molar-refractivity contribution is 0.0946. The number of hydrogen-bond acceptors (Lipinski definition) is 5. The van der Waals surface area contributed by atoms with Crippen LogP contribution in [0.25, 0.3) is 16.6 Å². The number of benzene rings is 2. The van der Waals surface area contributed by atoms with Crippen molar-refractivity contribution in [2.24, 2.45) is 0 Å². The van der Waals surface area contributed by atoms with E-state index in [-0.39, 0.29) is 11.7 Å². The monoisotopic (exact) mass is 377 g/mol. The van der Waals surface area contributed by atoms with Gasteiger partial charge in [0.1, 0.15) is 0 Å². The Hall–Kier alpha value is -2.93. The highest BCUT2D eigenvalue weighted by Crippen LogP contribution is 2.22. The zero-order valence-corrected chi connectivity index (χ0v) is 15.7. The Kier molecular flexibility index (Phi) is 5.02. The molecule has 7 heteroatoms. The summed E-state index contributed by atoms with van der Waals surface area (Å²) in [6.45, 7) is 2.46. The van der Waals surface area contributed by atoms with Gasteiger partial charge in [-0.05, 0) is 29.3 Å². The number of amides is 1. The molecular weight excluding hydrogens is 358 g/mol. The molecule has 6 nitrogen and oxygen atoms in total. The average Bonchev–Trinajstić information content (AvgIpc) is 3.14. The third kappa shape index (κ3) is 3.78. The predicted octanol–water partition coefficient (Wildman–Crippen LogP) is 3.25. The van der Waals surface area contributed by atoms with Crippen molar-refractivity contribution in [3.8, 4) is 0 Å². The van der Waals surface area contributed by atoms with Gasteiger partial charge in [-0.1, -0.05) is 42.5 Å². The fraction of sp³-hybridized carbons (Fsp3) is 0.200. The third-order valence-electron chi connectivity index (χ3n) is 4.30. The number of aromatic nitrogens is 4. The summed E-state index contributed by atoms with van der Waals surface area (Å²) in [4.78, 5) is 20.5. The number of fused-ring (bicyclic) bond motifs is 2. The van der Waals surface area contributed by atoms with E-state index in [0.29, 0.717) is 12.3 Å². The first-order chi connectivity index (χ1) is 13.2. The van der Waals surface area contributed by atoms with Gasteiger partial charge >= 0.3 is 0 Å². The summed E-state index contributed by atoms with van der Waals surface area (Å²) in [5.41, 5.74) is 2.20. The van der Waals surface area contributed by atoms with Crippen molar-refractivity contribution in [1.82, 2.24) is 24.9 Å². The summed E-state index contributed by atoms with van der Waals surface area (Å²) in [7, 11) is 0. The van der Waals surface area contributed by atoms with Crippen LogP contribution >= 0.6 is 11.8 Å². The zero-order chi connectivity index (χ0) is 18.6. The fourth-order valence-electron chi connectivity index (χ4n) is 2.92. The molecule has 0 spiro atoms. The fourth-order valence-corrected chi connectivity index (χ4v) is 3.78. The minimum atomic E-state index is -0.273. The van der Waals surface area contributed by atoms with Crippen LogP contribution in [0.15, 0.2) is 54.7 Å². The van der Waals surface area contributed by atoms with Gasteiger partial charge in [0.15, 0.2) is 0 Å². The molecular formula is C20H19N5OS. The van der Waals surface area contributed by atoms with Crippen molar-refractivity contribution >= 4 is 34.2 Å². The Morgan fingerprint density at radius 2 is 2.00 bits per heavy atom. The van der Waals surface area contributed by atoms with Crippen molar-refractivity contribution in [3.63, 3.8) is 0 Å². The van der Waals surface area contributed by atoms with Gasteiger partial charge in [-0.25, -0.2) is 9.50 Å². The number of hydrogen-bond donors (Lipinski definition) is 1. The number of nitrogens with zero attached hydrogens (tertiary/aromatic N) is 4. The topological polar surface area (TPSA) is 72.2 Å². The number of carbonyl (C=O) groups is 1. The van der Waals surface area contributed by atoms with Gasteiger partial charge < -0.3 is 5.32 Å². The Balaban J connectivity index is 1.30. The van der Waals surface area contributed by atoms with Gasteiger partial charge in [-0.3, -0.25) is 4.79 Å². The van der Waals surface area contributed by atoms with Crippen molar-refractivity contribution in [2.75, 3.05) is 12.3 Å². The van der Waals surface area contributed by atoms with Crippen LogP contribution in [0.2, 0.25) is 0 Å². The number of thioether (sulfide) groups is 1. The number of nitrogens with one attached hydrogen (secondary N) is 1. The van der Waals surface area contributed by atoms with Gasteiger partial charge in [0.05, 0.1) is 0 Å². The molecule has 0 aliphatic heterocycles. The minimum Gasteiger partial charge on any atom is -0.348 e. The summed E-state index contributed by atoms with van der Waals surface area (Å²) < 4.78 is 1.57. The molecule has 0 saturated carbocycles. The maximum Gasteiger partial charge on any atom is 0.291 e. The van der Waals surface area contributed by atoms with E-state index >= 15 is 0 Å². The molecule has 1 N–H and O–H groups in total. The molecule has 4 rings (SSSR count). The van der Waals surface area contributed by atoms with Crippen LogP contribution < -0.4 is 5.32 Å². The van der Waals surface area contributed by atoms with Gasteiger partial charge in [0, 0.05) is 29.9 Å². The van der Waals surface area contributed by atoms with Gasteiger partial charge in [0.25, 0.3) is 11.7 Å². The summed E-state index contributed by atoms with van der Waals surface area (Å²) in [5, 5.41) is 9.63. The molecule has 0 radical (unpaired) electrons. The lowest BCUT2D eigenvalue weighted by atomic mass is 10.1. The molecule has 27 heavy (non-hydrogen) atoms. The first-order valence-electron chi connectivity index (χ1n) is 8.73. The van der Waals surface area contributed by atoms with E-state index < -0.39 is 0 Å². The third-order valence-corrected chi connectivity index (χ3v) is 5.31. The molecule has 4 aromatic rings. The molecule has 0 saturated heterocycles. The van der Waals surface area contributed by atoms with Crippen molar-refractivity contribution in [1.29, 1.82) is 0 Å². The van der Waals surface area contributed by atoms with Crippen LogP contribution in [-0.2, 0) is 5.75 Å². The molecule has 0 fully saturated rings. The van der Waals surface area contributed by atoms with E-state index in [9.17, 15) is 4.79 Å². The van der Waals surface area contributed by atoms with Crippen LogP contribution in [0.1, 0.15) is 21.9 Å². The molecule has 2 heterocycles. The summed E-state index contributed by atoms with van der Waals surface area (Å²) in [6.07, 6.45) is 1.66. The molecule has 2 aromatic heterocycles. The van der Waals surface area contributed by atoms with Crippen LogP contribution in [0.4, 0.5) is 0 Å². The van der Waals surface area contributed by atoms with Crippen LogP contribution in [0.3, 0.4) is 0 Å². The summed E-state index contributed by atoms with van der Waals surface area (Å²) >= 11 is 1.79. The SMILES string of the molecule is Cc1ccnc2nc(C(=O)NCCSCc3cccc4ccccc34)nn12. The largest absolute Gasteiger partial charge is 0.348 e. The normalized spacial score (nSPS) is 11.1. The molecule has 0 atom stereocenters. The summed E-state index contributed by atoms with van der Waals surface area (Å²) in [5.74, 6) is 2.04. The molecule has 0 aliphatic rings. The first-order valence-corrected chi connectivity index (χ1v) is 9.89. The van der Waals surface area contributed by atoms with E-state index in [1.165, 1.54) is 16.3 Å². The van der Waals surface area contributed by atoms with Crippen LogP contribution in [0.5, 0.6) is 0 Å². The second-order valence-electron chi connectivity index (χ2n) is 6.18. The molecule has 2 aromatic carbocycles. The number of carbonyl (C=O) groups excluding carboxylic acids is 1. The van der Waals surface area contributed by atoms with E-state index in [4.69, 9.17) is 0 Å². The van der Waals surface area contributed by atoms with Crippen molar-refractivity contribution in [2.45, 2.75) is 12.7 Å². The molecule has 0 bridgehead atoms. The zero-order valence-electron chi connectivity index (χ0n) is 14.9. The van der Waals surface area contributed by atoms with E-state index in [1.807, 2.05) is 13.0 Å². The standard InChI is InChI=1S/C20H19N5OS/c1-14-9-10-22-20-23-18(24-25(14)20)19(26)21-11-12-27-13-16-7-4-6-15-5-2-3-8-17(15)16/h2-10H,11-13H2,1H3,(H,21,26). The average molecular weight is 377 g/mol. The quantitative estimate of drug-likeness (QED) is 0.522. The first kappa shape index (κ1) is 17.5. The smallest absolute Gasteiger partial charge is 0.291 e.